The number of fused-ring (bicyclic) bond motifs is 2. The Morgan fingerprint density at radius 2 is 2.00 bits per heavy atom. The molecule has 1 aliphatic carbocycles. The van der Waals surface area contributed by atoms with Gasteiger partial charge in [0.1, 0.15) is 0 Å². The van der Waals surface area contributed by atoms with Crippen molar-refractivity contribution in [1.82, 2.24) is 9.78 Å². The first-order chi connectivity index (χ1) is 10.3. The number of aromatic nitrogens is 2. The Bertz CT molecular complexity index is 717. The zero-order chi connectivity index (χ0) is 14.4. The predicted molar refractivity (Wildman–Crippen MR) is 81.7 cm³/mol. The predicted octanol–water partition coefficient (Wildman–Crippen LogP) is 2.50. The van der Waals surface area contributed by atoms with Gasteiger partial charge in [-0.25, -0.2) is 0 Å². The molecule has 0 radical (unpaired) electrons. The molecule has 0 atom stereocenters. The molecule has 2 aliphatic rings. The molecule has 0 saturated carbocycles. The molecule has 1 aromatic carbocycles. The number of amides is 1. The molecule has 0 fully saturated rings. The van der Waals surface area contributed by atoms with Gasteiger partial charge in [-0.3, -0.25) is 9.48 Å². The van der Waals surface area contributed by atoms with E-state index in [0.717, 1.165) is 44.3 Å². The summed E-state index contributed by atoms with van der Waals surface area (Å²) in [6.45, 7) is 0.793. The van der Waals surface area contributed by atoms with Crippen LogP contribution in [0.2, 0.25) is 0 Å². The third-order valence-corrected chi connectivity index (χ3v) is 4.67. The number of hydrogen-bond donors (Lipinski definition) is 0. The van der Waals surface area contributed by atoms with Crippen LogP contribution in [0.4, 0.5) is 5.69 Å². The highest BCUT2D eigenvalue weighted by Gasteiger charge is 2.30. The van der Waals surface area contributed by atoms with E-state index in [1.807, 2.05) is 28.8 Å². The Morgan fingerprint density at radius 1 is 1.14 bits per heavy atom. The summed E-state index contributed by atoms with van der Waals surface area (Å²) in [6.07, 6.45) is 5.25. The fourth-order valence-electron chi connectivity index (χ4n) is 3.65. The molecular weight excluding hydrogens is 262 g/mol. The molecule has 1 aliphatic heterocycles. The third-order valence-electron chi connectivity index (χ3n) is 4.67. The average Bonchev–Trinajstić information content (AvgIpc) is 3.10. The van der Waals surface area contributed by atoms with Gasteiger partial charge >= 0.3 is 0 Å². The molecule has 0 spiro atoms. The van der Waals surface area contributed by atoms with E-state index in [4.69, 9.17) is 0 Å². The summed E-state index contributed by atoms with van der Waals surface area (Å²) in [5.74, 6) is 0.0703. The van der Waals surface area contributed by atoms with Crippen molar-refractivity contribution < 1.29 is 4.79 Å². The van der Waals surface area contributed by atoms with E-state index in [2.05, 4.69) is 17.2 Å². The summed E-state index contributed by atoms with van der Waals surface area (Å²) in [6, 6.07) is 8.23. The number of para-hydroxylation sites is 1. The first kappa shape index (κ1) is 12.6. The van der Waals surface area contributed by atoms with Crippen molar-refractivity contribution in [3.05, 3.63) is 46.8 Å². The standard InChI is InChI=1S/C17H19N3O/c1-19-15-10-4-8-13(15)16(18-19)17(21)20-11-5-7-12-6-2-3-9-14(12)20/h2-3,6,9H,4-5,7-8,10-11H2,1H3. The third kappa shape index (κ3) is 1.89. The van der Waals surface area contributed by atoms with Crippen LogP contribution in [0.3, 0.4) is 0 Å². The van der Waals surface area contributed by atoms with Gasteiger partial charge in [-0.15, -0.1) is 0 Å². The van der Waals surface area contributed by atoms with Crippen LogP contribution in [0.15, 0.2) is 24.3 Å². The van der Waals surface area contributed by atoms with Gasteiger partial charge in [0, 0.05) is 30.5 Å². The molecule has 0 unspecified atom stereocenters. The maximum atomic E-state index is 13.0. The van der Waals surface area contributed by atoms with E-state index in [1.54, 1.807) is 0 Å². The average molecular weight is 281 g/mol. The number of hydrogen-bond acceptors (Lipinski definition) is 2. The Morgan fingerprint density at radius 3 is 2.90 bits per heavy atom. The van der Waals surface area contributed by atoms with Crippen molar-refractivity contribution in [3.63, 3.8) is 0 Å². The topological polar surface area (TPSA) is 38.1 Å². The van der Waals surface area contributed by atoms with Crippen LogP contribution < -0.4 is 4.90 Å². The van der Waals surface area contributed by atoms with E-state index in [9.17, 15) is 4.79 Å². The van der Waals surface area contributed by atoms with Crippen molar-refractivity contribution in [2.45, 2.75) is 32.1 Å². The summed E-state index contributed by atoms with van der Waals surface area (Å²) in [5.41, 5.74) is 5.41. The Balaban J connectivity index is 1.75. The second kappa shape index (κ2) is 4.72. The minimum Gasteiger partial charge on any atom is -0.307 e. The van der Waals surface area contributed by atoms with Gasteiger partial charge in [-0.2, -0.15) is 5.10 Å². The van der Waals surface area contributed by atoms with E-state index < -0.39 is 0 Å². The second-order valence-corrected chi connectivity index (χ2v) is 5.94. The van der Waals surface area contributed by atoms with E-state index in [-0.39, 0.29) is 5.91 Å². The van der Waals surface area contributed by atoms with E-state index in [0.29, 0.717) is 5.69 Å². The van der Waals surface area contributed by atoms with Crippen LogP contribution in [-0.2, 0) is 26.3 Å². The molecule has 0 bridgehead atoms. The van der Waals surface area contributed by atoms with Crippen molar-refractivity contribution in [2.24, 2.45) is 7.05 Å². The molecule has 2 aromatic rings. The zero-order valence-electron chi connectivity index (χ0n) is 12.3. The molecule has 2 heterocycles. The summed E-state index contributed by atoms with van der Waals surface area (Å²) in [7, 11) is 1.95. The van der Waals surface area contributed by atoms with E-state index >= 15 is 0 Å². The molecule has 1 aromatic heterocycles. The van der Waals surface area contributed by atoms with Gasteiger partial charge in [0.2, 0.25) is 0 Å². The molecule has 4 nitrogen and oxygen atoms in total. The summed E-state index contributed by atoms with van der Waals surface area (Å²) >= 11 is 0. The highest BCUT2D eigenvalue weighted by molar-refractivity contribution is 6.06. The number of anilines is 1. The van der Waals surface area contributed by atoms with Crippen LogP contribution in [0.5, 0.6) is 0 Å². The molecule has 0 saturated heterocycles. The Labute approximate surface area is 124 Å². The first-order valence-corrected chi connectivity index (χ1v) is 7.70. The Kier molecular flexibility index (Phi) is 2.84. The second-order valence-electron chi connectivity index (χ2n) is 5.94. The van der Waals surface area contributed by atoms with Gasteiger partial charge < -0.3 is 4.90 Å². The number of nitrogens with zero attached hydrogens (tertiary/aromatic N) is 3. The lowest BCUT2D eigenvalue weighted by Gasteiger charge is -2.29. The maximum absolute atomic E-state index is 13.0. The fourth-order valence-corrected chi connectivity index (χ4v) is 3.65. The highest BCUT2D eigenvalue weighted by atomic mass is 16.2. The van der Waals surface area contributed by atoms with Crippen LogP contribution in [0.1, 0.15) is 40.2 Å². The minimum atomic E-state index is 0.0703. The maximum Gasteiger partial charge on any atom is 0.279 e. The first-order valence-electron chi connectivity index (χ1n) is 7.70. The van der Waals surface area contributed by atoms with Crippen molar-refractivity contribution in [2.75, 3.05) is 11.4 Å². The monoisotopic (exact) mass is 281 g/mol. The number of carbonyl (C=O) groups excluding carboxylic acids is 1. The van der Waals surface area contributed by atoms with Gasteiger partial charge in [0.05, 0.1) is 0 Å². The zero-order valence-corrected chi connectivity index (χ0v) is 12.3. The summed E-state index contributed by atoms with van der Waals surface area (Å²) in [4.78, 5) is 14.9. The van der Waals surface area contributed by atoms with Gasteiger partial charge in [-0.1, -0.05) is 18.2 Å². The smallest absolute Gasteiger partial charge is 0.279 e. The normalized spacial score (nSPS) is 16.7. The fraction of sp³-hybridized carbons (Fsp3) is 0.412. The molecule has 108 valence electrons. The number of benzene rings is 1. The molecule has 1 amide bonds. The molecule has 4 heteroatoms. The lowest BCUT2D eigenvalue weighted by Crippen LogP contribution is -2.36. The van der Waals surface area contributed by atoms with Gasteiger partial charge in [0.25, 0.3) is 5.91 Å². The lowest BCUT2D eigenvalue weighted by molar-refractivity contribution is 0.0978. The largest absolute Gasteiger partial charge is 0.307 e. The summed E-state index contributed by atoms with van der Waals surface area (Å²) in [5, 5.41) is 4.51. The van der Waals surface area contributed by atoms with E-state index in [1.165, 1.54) is 16.8 Å². The molecule has 0 N–H and O–H groups in total. The van der Waals surface area contributed by atoms with Crippen LogP contribution >= 0.6 is 0 Å². The quantitative estimate of drug-likeness (QED) is 0.805. The van der Waals surface area contributed by atoms with Crippen LogP contribution in [0, 0.1) is 0 Å². The SMILES string of the molecule is Cn1nc(C(=O)N2CCCc3ccccc32)c2c1CCC2. The van der Waals surface area contributed by atoms with Crippen molar-refractivity contribution in [3.8, 4) is 0 Å². The van der Waals surface area contributed by atoms with Gasteiger partial charge in [0.15, 0.2) is 5.69 Å². The minimum absolute atomic E-state index is 0.0703. The van der Waals surface area contributed by atoms with Crippen LogP contribution in [-0.4, -0.2) is 22.2 Å². The van der Waals surface area contributed by atoms with Crippen LogP contribution in [0.25, 0.3) is 0 Å². The highest BCUT2D eigenvalue weighted by Crippen LogP contribution is 2.31. The Hall–Kier alpha value is -2.10. The number of carbonyl (C=O) groups is 1. The summed E-state index contributed by atoms with van der Waals surface area (Å²) < 4.78 is 1.89. The lowest BCUT2D eigenvalue weighted by atomic mass is 10.0. The van der Waals surface area contributed by atoms with Crippen molar-refractivity contribution in [1.29, 1.82) is 0 Å². The number of rotatable bonds is 1. The van der Waals surface area contributed by atoms with Crippen molar-refractivity contribution >= 4 is 11.6 Å². The molecule has 4 rings (SSSR count). The molecular formula is C17H19N3O. The van der Waals surface area contributed by atoms with Gasteiger partial charge in [-0.05, 0) is 43.7 Å². The molecule has 21 heavy (non-hydrogen) atoms. The number of aryl methyl sites for hydroxylation is 2.